The van der Waals surface area contributed by atoms with E-state index in [1.165, 1.54) is 11.1 Å². The average molecular weight is 308 g/mol. The Labute approximate surface area is 117 Å². The van der Waals surface area contributed by atoms with E-state index in [1.54, 1.807) is 0 Å². The quantitative estimate of drug-likeness (QED) is 0.849. The lowest BCUT2D eigenvalue weighted by molar-refractivity contribution is 0.500. The normalized spacial score (nSPS) is 12.5. The van der Waals surface area contributed by atoms with Gasteiger partial charge in [0.1, 0.15) is 11.5 Å². The highest BCUT2D eigenvalue weighted by atomic mass is 79.9. The van der Waals surface area contributed by atoms with Crippen LogP contribution in [0.25, 0.3) is 0 Å². The smallest absolute Gasteiger partial charge is 0.106 e. The van der Waals surface area contributed by atoms with Gasteiger partial charge in [-0.05, 0) is 67.4 Å². The summed E-state index contributed by atoms with van der Waals surface area (Å²) in [6.45, 7) is 8.22. The summed E-state index contributed by atoms with van der Waals surface area (Å²) in [7, 11) is 0. The zero-order valence-corrected chi connectivity index (χ0v) is 12.8. The van der Waals surface area contributed by atoms with Crippen molar-refractivity contribution in [1.82, 2.24) is 0 Å². The number of halogens is 1. The summed E-state index contributed by atoms with van der Waals surface area (Å²) in [6.07, 6.45) is 0. The second-order valence-corrected chi connectivity index (χ2v) is 5.57. The first kappa shape index (κ1) is 13.2. The van der Waals surface area contributed by atoms with Crippen LogP contribution in [0.1, 0.15) is 35.6 Å². The molecular formula is C15H18BrNO. The maximum Gasteiger partial charge on any atom is 0.106 e. The predicted molar refractivity (Wildman–Crippen MR) is 79.1 cm³/mol. The molecule has 0 bridgehead atoms. The zero-order chi connectivity index (χ0) is 13.3. The van der Waals surface area contributed by atoms with Gasteiger partial charge in [0.2, 0.25) is 0 Å². The van der Waals surface area contributed by atoms with Crippen molar-refractivity contribution >= 4 is 21.6 Å². The molecule has 1 aromatic carbocycles. The molecular weight excluding hydrogens is 290 g/mol. The van der Waals surface area contributed by atoms with E-state index in [9.17, 15) is 0 Å². The van der Waals surface area contributed by atoms with Gasteiger partial charge in [0.05, 0.1) is 6.04 Å². The van der Waals surface area contributed by atoms with Crippen molar-refractivity contribution in [3.8, 4) is 0 Å². The van der Waals surface area contributed by atoms with Gasteiger partial charge in [0, 0.05) is 15.7 Å². The zero-order valence-electron chi connectivity index (χ0n) is 11.2. The topological polar surface area (TPSA) is 25.2 Å². The Bertz CT molecular complexity index is 560. The van der Waals surface area contributed by atoms with Crippen molar-refractivity contribution in [1.29, 1.82) is 0 Å². The molecule has 0 aliphatic carbocycles. The van der Waals surface area contributed by atoms with Crippen molar-refractivity contribution in [3.05, 3.63) is 51.4 Å². The summed E-state index contributed by atoms with van der Waals surface area (Å²) in [4.78, 5) is 0. The average Bonchev–Trinajstić information content (AvgIpc) is 2.63. The van der Waals surface area contributed by atoms with Gasteiger partial charge in [-0.2, -0.15) is 0 Å². The van der Waals surface area contributed by atoms with Gasteiger partial charge in [-0.15, -0.1) is 0 Å². The van der Waals surface area contributed by atoms with Crippen LogP contribution in [0.15, 0.2) is 33.2 Å². The summed E-state index contributed by atoms with van der Waals surface area (Å²) in [5, 5.41) is 3.51. The van der Waals surface area contributed by atoms with E-state index in [0.29, 0.717) is 0 Å². The van der Waals surface area contributed by atoms with Gasteiger partial charge in [0.25, 0.3) is 0 Å². The maximum absolute atomic E-state index is 5.58. The molecule has 2 rings (SSSR count). The van der Waals surface area contributed by atoms with Crippen LogP contribution >= 0.6 is 15.9 Å². The first-order valence-electron chi connectivity index (χ1n) is 6.07. The molecule has 3 heteroatoms. The van der Waals surface area contributed by atoms with E-state index in [1.807, 2.05) is 13.8 Å². The Morgan fingerprint density at radius 3 is 2.50 bits per heavy atom. The summed E-state index contributed by atoms with van der Waals surface area (Å²) < 4.78 is 6.66. The molecule has 1 aromatic heterocycles. The molecule has 0 spiro atoms. The van der Waals surface area contributed by atoms with Crippen LogP contribution in [0, 0.1) is 20.8 Å². The third-order valence-electron chi connectivity index (χ3n) is 3.04. The Balaban J connectivity index is 2.23. The monoisotopic (exact) mass is 307 g/mol. The van der Waals surface area contributed by atoms with E-state index in [0.717, 1.165) is 21.7 Å². The summed E-state index contributed by atoms with van der Waals surface area (Å²) >= 11 is 3.57. The number of aryl methyl sites for hydroxylation is 3. The highest BCUT2D eigenvalue weighted by molar-refractivity contribution is 9.10. The minimum Gasteiger partial charge on any atom is -0.466 e. The molecule has 0 amide bonds. The van der Waals surface area contributed by atoms with Crippen LogP contribution in [-0.2, 0) is 0 Å². The van der Waals surface area contributed by atoms with Gasteiger partial charge in [-0.3, -0.25) is 0 Å². The molecule has 0 saturated carbocycles. The third kappa shape index (κ3) is 2.78. The number of hydrogen-bond donors (Lipinski definition) is 1. The lowest BCUT2D eigenvalue weighted by atomic mass is 10.1. The van der Waals surface area contributed by atoms with Crippen LogP contribution in [0.3, 0.4) is 0 Å². The molecule has 1 unspecified atom stereocenters. The number of anilines is 1. The van der Waals surface area contributed by atoms with Gasteiger partial charge in [0.15, 0.2) is 0 Å². The molecule has 18 heavy (non-hydrogen) atoms. The lowest BCUT2D eigenvalue weighted by Crippen LogP contribution is -2.07. The first-order chi connectivity index (χ1) is 8.47. The Hall–Kier alpha value is -1.22. The predicted octanol–water partition coefficient (Wildman–Crippen LogP) is 5.14. The van der Waals surface area contributed by atoms with E-state index < -0.39 is 0 Å². The molecule has 1 heterocycles. The largest absolute Gasteiger partial charge is 0.466 e. The van der Waals surface area contributed by atoms with E-state index in [2.05, 4.69) is 59.4 Å². The fourth-order valence-corrected chi connectivity index (χ4v) is 2.50. The fraction of sp³-hybridized carbons (Fsp3) is 0.333. The van der Waals surface area contributed by atoms with Crippen LogP contribution in [-0.4, -0.2) is 0 Å². The van der Waals surface area contributed by atoms with Crippen LogP contribution in [0.4, 0.5) is 5.69 Å². The molecule has 0 saturated heterocycles. The Kier molecular flexibility index (Phi) is 3.81. The van der Waals surface area contributed by atoms with Crippen LogP contribution in [0.2, 0.25) is 0 Å². The molecule has 0 fully saturated rings. The number of furan rings is 1. The van der Waals surface area contributed by atoms with Gasteiger partial charge < -0.3 is 9.73 Å². The van der Waals surface area contributed by atoms with Crippen molar-refractivity contribution in [2.24, 2.45) is 0 Å². The first-order valence-corrected chi connectivity index (χ1v) is 6.86. The number of rotatable bonds is 3. The molecule has 1 N–H and O–H groups in total. The number of nitrogens with one attached hydrogen (secondary N) is 1. The molecule has 0 aliphatic rings. The third-order valence-corrected chi connectivity index (χ3v) is 3.73. The van der Waals surface area contributed by atoms with Crippen molar-refractivity contribution in [2.75, 3.05) is 5.32 Å². The summed E-state index contributed by atoms with van der Waals surface area (Å²) in [5.74, 6) is 1.94. The van der Waals surface area contributed by atoms with Gasteiger partial charge >= 0.3 is 0 Å². The molecule has 0 aliphatic heterocycles. The second kappa shape index (κ2) is 5.19. The Morgan fingerprint density at radius 1 is 1.17 bits per heavy atom. The fourth-order valence-electron chi connectivity index (χ4n) is 2.14. The molecule has 96 valence electrons. The molecule has 2 aromatic rings. The van der Waals surface area contributed by atoms with Crippen molar-refractivity contribution in [3.63, 3.8) is 0 Å². The molecule has 1 atom stereocenters. The second-order valence-electron chi connectivity index (χ2n) is 4.72. The highest BCUT2D eigenvalue weighted by Gasteiger charge is 2.13. The Morgan fingerprint density at radius 2 is 1.89 bits per heavy atom. The van der Waals surface area contributed by atoms with Crippen molar-refractivity contribution in [2.45, 2.75) is 33.7 Å². The summed E-state index contributed by atoms with van der Waals surface area (Å²) in [5.41, 5.74) is 3.56. The SMILES string of the molecule is Cc1ccc(Br)c(NC(C)c2cc(C)oc2C)c1. The van der Waals surface area contributed by atoms with Gasteiger partial charge in [-0.1, -0.05) is 6.07 Å². The van der Waals surface area contributed by atoms with Crippen LogP contribution < -0.4 is 5.32 Å². The summed E-state index contributed by atoms with van der Waals surface area (Å²) in [6, 6.07) is 8.62. The van der Waals surface area contributed by atoms with Gasteiger partial charge in [-0.25, -0.2) is 0 Å². The number of benzene rings is 1. The minimum atomic E-state index is 0.223. The van der Waals surface area contributed by atoms with Crippen molar-refractivity contribution < 1.29 is 4.42 Å². The van der Waals surface area contributed by atoms with E-state index >= 15 is 0 Å². The number of hydrogen-bond acceptors (Lipinski definition) is 2. The standard InChI is InChI=1S/C15H18BrNO/c1-9-5-6-14(16)15(7-9)17-11(3)13-8-10(2)18-12(13)4/h5-8,11,17H,1-4H3. The van der Waals surface area contributed by atoms with E-state index in [4.69, 9.17) is 4.42 Å². The highest BCUT2D eigenvalue weighted by Crippen LogP contribution is 2.29. The lowest BCUT2D eigenvalue weighted by Gasteiger charge is -2.16. The van der Waals surface area contributed by atoms with Crippen LogP contribution in [0.5, 0.6) is 0 Å². The molecule has 2 nitrogen and oxygen atoms in total. The molecule has 0 radical (unpaired) electrons. The maximum atomic E-state index is 5.58. The van der Waals surface area contributed by atoms with E-state index in [-0.39, 0.29) is 6.04 Å². The minimum absolute atomic E-state index is 0.223.